The van der Waals surface area contributed by atoms with Crippen molar-refractivity contribution in [1.82, 2.24) is 10.2 Å². The highest BCUT2D eigenvalue weighted by molar-refractivity contribution is 7.99. The topological polar surface area (TPSA) is 49.4 Å². The molecule has 2 aromatic carbocycles. The van der Waals surface area contributed by atoms with E-state index in [0.29, 0.717) is 33.7 Å². The molecular weight excluding hydrogens is 499 g/mol. The fourth-order valence-electron chi connectivity index (χ4n) is 4.05. The number of rotatable bonds is 10. The van der Waals surface area contributed by atoms with Gasteiger partial charge in [0.25, 0.3) is 0 Å². The van der Waals surface area contributed by atoms with E-state index in [1.807, 2.05) is 37.3 Å². The minimum absolute atomic E-state index is 0.0732. The summed E-state index contributed by atoms with van der Waals surface area (Å²) in [7, 11) is 0. The molecule has 1 aliphatic rings. The lowest BCUT2D eigenvalue weighted by Crippen LogP contribution is -2.51. The molecule has 1 N–H and O–H groups in total. The Morgan fingerprint density at radius 3 is 2.36 bits per heavy atom. The van der Waals surface area contributed by atoms with E-state index in [4.69, 9.17) is 34.8 Å². The van der Waals surface area contributed by atoms with Crippen LogP contribution >= 0.6 is 46.6 Å². The first-order valence-electron chi connectivity index (χ1n) is 11.3. The average Bonchev–Trinajstić information content (AvgIpc) is 3.29. The Morgan fingerprint density at radius 1 is 1.06 bits per heavy atom. The van der Waals surface area contributed by atoms with Gasteiger partial charge in [-0.15, -0.1) is 11.8 Å². The van der Waals surface area contributed by atoms with Crippen LogP contribution in [0.5, 0.6) is 0 Å². The second kappa shape index (κ2) is 12.9. The first-order chi connectivity index (χ1) is 15.9. The monoisotopic (exact) mass is 526 g/mol. The molecule has 0 radical (unpaired) electrons. The van der Waals surface area contributed by atoms with Crippen LogP contribution in [0.25, 0.3) is 0 Å². The lowest BCUT2D eigenvalue weighted by Gasteiger charge is -2.32. The first-order valence-corrected chi connectivity index (χ1v) is 13.4. The zero-order valence-electron chi connectivity index (χ0n) is 18.7. The molecule has 4 nitrogen and oxygen atoms in total. The maximum absolute atomic E-state index is 13.4. The van der Waals surface area contributed by atoms with Crippen LogP contribution in [0.1, 0.15) is 51.0 Å². The lowest BCUT2D eigenvalue weighted by molar-refractivity contribution is -0.141. The molecule has 8 heteroatoms. The normalized spacial score (nSPS) is 14.8. The van der Waals surface area contributed by atoms with Gasteiger partial charge < -0.3 is 10.2 Å². The van der Waals surface area contributed by atoms with Gasteiger partial charge in [0.1, 0.15) is 6.04 Å². The minimum atomic E-state index is -0.551. The quantitative estimate of drug-likeness (QED) is 0.339. The van der Waals surface area contributed by atoms with Crippen molar-refractivity contribution < 1.29 is 9.59 Å². The van der Waals surface area contributed by atoms with Gasteiger partial charge in [-0.25, -0.2) is 0 Å². The van der Waals surface area contributed by atoms with Crippen molar-refractivity contribution >= 4 is 58.4 Å². The zero-order valence-corrected chi connectivity index (χ0v) is 21.7. The number of nitrogens with zero attached hydrogens (tertiary/aromatic N) is 1. The number of nitrogens with one attached hydrogen (secondary N) is 1. The summed E-state index contributed by atoms with van der Waals surface area (Å²) in [5.41, 5.74) is 0.770. The molecule has 0 unspecified atom stereocenters. The number of hydrogen-bond acceptors (Lipinski definition) is 3. The molecule has 2 amide bonds. The van der Waals surface area contributed by atoms with E-state index < -0.39 is 6.04 Å². The molecule has 0 aliphatic heterocycles. The lowest BCUT2D eigenvalue weighted by atomic mass is 10.1. The highest BCUT2D eigenvalue weighted by Crippen LogP contribution is 2.26. The highest BCUT2D eigenvalue weighted by Gasteiger charge is 2.30. The van der Waals surface area contributed by atoms with Gasteiger partial charge in [0, 0.05) is 44.7 Å². The van der Waals surface area contributed by atoms with Crippen LogP contribution in [0.15, 0.2) is 47.4 Å². The van der Waals surface area contributed by atoms with E-state index in [2.05, 4.69) is 5.32 Å². The summed E-state index contributed by atoms with van der Waals surface area (Å²) in [6.07, 6.45) is 5.10. The Morgan fingerprint density at radius 2 is 1.73 bits per heavy atom. The summed E-state index contributed by atoms with van der Waals surface area (Å²) in [6, 6.07) is 12.4. The highest BCUT2D eigenvalue weighted by atomic mass is 35.5. The van der Waals surface area contributed by atoms with Crippen LogP contribution in [0.4, 0.5) is 0 Å². The molecule has 3 rings (SSSR count). The molecule has 0 spiro atoms. The summed E-state index contributed by atoms with van der Waals surface area (Å²) in [4.78, 5) is 29.2. The van der Waals surface area contributed by atoms with Gasteiger partial charge in [-0.2, -0.15) is 0 Å². The van der Waals surface area contributed by atoms with Crippen molar-refractivity contribution in [2.75, 3.05) is 5.75 Å². The van der Waals surface area contributed by atoms with Gasteiger partial charge in [0.15, 0.2) is 0 Å². The molecule has 0 aromatic heterocycles. The predicted molar refractivity (Wildman–Crippen MR) is 138 cm³/mol. The summed E-state index contributed by atoms with van der Waals surface area (Å²) in [6.45, 7) is 2.20. The third-order valence-corrected chi connectivity index (χ3v) is 7.69. The molecule has 2 aromatic rings. The molecule has 178 valence electrons. The van der Waals surface area contributed by atoms with Gasteiger partial charge in [-0.05, 0) is 61.2 Å². The van der Waals surface area contributed by atoms with E-state index in [1.165, 1.54) is 0 Å². The summed E-state index contributed by atoms with van der Waals surface area (Å²) in [5, 5.41) is 4.86. The molecule has 0 saturated heterocycles. The Hall–Kier alpha value is -1.40. The van der Waals surface area contributed by atoms with Crippen molar-refractivity contribution in [2.24, 2.45) is 0 Å². The number of thioether (sulfide) groups is 1. The van der Waals surface area contributed by atoms with Crippen molar-refractivity contribution in [1.29, 1.82) is 0 Å². The Kier molecular flexibility index (Phi) is 10.2. The minimum Gasteiger partial charge on any atom is -0.352 e. The second-order valence-electron chi connectivity index (χ2n) is 8.22. The van der Waals surface area contributed by atoms with Crippen LogP contribution < -0.4 is 5.32 Å². The Balaban J connectivity index is 1.72. The smallest absolute Gasteiger partial charge is 0.243 e. The number of amides is 2. The van der Waals surface area contributed by atoms with E-state index in [9.17, 15) is 9.59 Å². The fraction of sp³-hybridized carbons (Fsp3) is 0.440. The van der Waals surface area contributed by atoms with E-state index >= 15 is 0 Å². The summed E-state index contributed by atoms with van der Waals surface area (Å²) in [5.74, 6) is 0.440. The second-order valence-corrected chi connectivity index (χ2v) is 10.7. The third-order valence-electron chi connectivity index (χ3n) is 5.84. The number of halogens is 3. The first kappa shape index (κ1) is 26.2. The molecule has 1 aliphatic carbocycles. The van der Waals surface area contributed by atoms with Crippen LogP contribution in [0, 0.1) is 0 Å². The SMILES string of the molecule is CC[C@H](C(=O)NC1CCCC1)N(Cc1ccc(Cl)cc1Cl)C(=O)CCSc1ccc(Cl)cc1. The number of carbonyl (C=O) groups excluding carboxylic acids is 2. The van der Waals surface area contributed by atoms with Crippen LogP contribution in [-0.4, -0.2) is 34.6 Å². The van der Waals surface area contributed by atoms with Crippen molar-refractivity contribution in [3.05, 3.63) is 63.1 Å². The Bertz CT molecular complexity index is 949. The zero-order chi connectivity index (χ0) is 23.8. The molecule has 1 saturated carbocycles. The van der Waals surface area contributed by atoms with Gasteiger partial charge in [-0.3, -0.25) is 9.59 Å². The predicted octanol–water partition coefficient (Wildman–Crippen LogP) is 7.00. The summed E-state index contributed by atoms with van der Waals surface area (Å²) < 4.78 is 0. The molecule has 1 fully saturated rings. The van der Waals surface area contributed by atoms with Crippen molar-refractivity contribution in [2.45, 2.75) is 69.0 Å². The van der Waals surface area contributed by atoms with E-state index in [-0.39, 0.29) is 24.4 Å². The van der Waals surface area contributed by atoms with Gasteiger partial charge in [-0.1, -0.05) is 60.6 Å². The number of benzene rings is 2. The molecule has 33 heavy (non-hydrogen) atoms. The van der Waals surface area contributed by atoms with E-state index in [0.717, 1.165) is 36.1 Å². The standard InChI is InChI=1S/C25H29Cl3N2O2S/c1-2-23(25(32)29-20-5-3-4-6-20)30(16-17-7-8-19(27)15-22(17)28)24(31)13-14-33-21-11-9-18(26)10-12-21/h7-12,15,20,23H,2-6,13-14,16H2,1H3,(H,29,32)/t23-/m1/s1. The fourth-order valence-corrected chi connectivity index (χ4v) is 5.49. The van der Waals surface area contributed by atoms with Crippen molar-refractivity contribution in [3.63, 3.8) is 0 Å². The average molecular weight is 528 g/mol. The van der Waals surface area contributed by atoms with E-state index in [1.54, 1.807) is 28.8 Å². The molecule has 1 atom stereocenters. The van der Waals surface area contributed by atoms with Crippen molar-refractivity contribution in [3.8, 4) is 0 Å². The van der Waals surface area contributed by atoms with Crippen LogP contribution in [0.2, 0.25) is 15.1 Å². The summed E-state index contributed by atoms with van der Waals surface area (Å²) >= 11 is 20.0. The van der Waals surface area contributed by atoms with Gasteiger partial charge in [0.05, 0.1) is 0 Å². The third kappa shape index (κ3) is 7.81. The van der Waals surface area contributed by atoms with Gasteiger partial charge >= 0.3 is 0 Å². The maximum atomic E-state index is 13.4. The number of hydrogen-bond donors (Lipinski definition) is 1. The molecule has 0 bridgehead atoms. The van der Waals surface area contributed by atoms with Crippen LogP contribution in [-0.2, 0) is 16.1 Å². The molecule has 0 heterocycles. The van der Waals surface area contributed by atoms with Crippen LogP contribution in [0.3, 0.4) is 0 Å². The maximum Gasteiger partial charge on any atom is 0.243 e. The number of carbonyl (C=O) groups is 2. The van der Waals surface area contributed by atoms with Gasteiger partial charge in [0.2, 0.25) is 11.8 Å². The Labute approximate surface area is 215 Å². The largest absolute Gasteiger partial charge is 0.352 e. The molecular formula is C25H29Cl3N2O2S.